The third-order valence-electron chi connectivity index (χ3n) is 4.73. The Kier molecular flexibility index (Phi) is 6.06. The van der Waals surface area contributed by atoms with Crippen molar-refractivity contribution in [2.75, 3.05) is 16.3 Å². The summed E-state index contributed by atoms with van der Waals surface area (Å²) in [6, 6.07) is 13.1. The molecule has 2 aliphatic heterocycles. The van der Waals surface area contributed by atoms with E-state index in [0.29, 0.717) is 5.69 Å². The number of carboxylic acids is 2. The van der Waals surface area contributed by atoms with Crippen LogP contribution in [0.1, 0.15) is 16.8 Å². The summed E-state index contributed by atoms with van der Waals surface area (Å²) in [6.45, 7) is 0.274. The van der Waals surface area contributed by atoms with Gasteiger partial charge in [0.05, 0.1) is 33.3 Å². The van der Waals surface area contributed by atoms with Crippen LogP contribution in [0, 0.1) is 0 Å². The van der Waals surface area contributed by atoms with E-state index in [1.165, 1.54) is 36.0 Å². The maximum absolute atomic E-state index is 12.8. The number of rotatable bonds is 6. The van der Waals surface area contributed by atoms with Crippen LogP contribution in [0.3, 0.4) is 0 Å². The van der Waals surface area contributed by atoms with Crippen LogP contribution in [0.5, 0.6) is 0 Å². The Bertz CT molecular complexity index is 1190. The van der Waals surface area contributed by atoms with Crippen LogP contribution in [-0.2, 0) is 9.59 Å². The Morgan fingerprint density at radius 2 is 1.66 bits per heavy atom. The number of carbonyl (C=O) groups excluding carboxylic acids is 2. The number of allylic oxidation sites excluding steroid dienone is 2. The van der Waals surface area contributed by atoms with Gasteiger partial charge in [0, 0.05) is 11.4 Å². The predicted octanol–water partition coefficient (Wildman–Crippen LogP) is 4.40. The summed E-state index contributed by atoms with van der Waals surface area (Å²) in [5.74, 6) is -2.51. The topological polar surface area (TPSA) is 115 Å². The highest BCUT2D eigenvalue weighted by Gasteiger charge is 2.36. The number of benzene rings is 2. The Morgan fingerprint density at radius 1 is 0.938 bits per heavy atom. The van der Waals surface area contributed by atoms with Gasteiger partial charge in [0.1, 0.15) is 0 Å². The van der Waals surface area contributed by atoms with Gasteiger partial charge in [-0.25, -0.2) is 9.69 Å². The molecule has 0 radical (unpaired) electrons. The Balaban J connectivity index is 1.58. The Morgan fingerprint density at radius 3 is 2.34 bits per heavy atom. The number of carbonyl (C=O) groups is 4. The van der Waals surface area contributed by atoms with E-state index >= 15 is 0 Å². The highest BCUT2D eigenvalue weighted by Crippen LogP contribution is 2.46. The number of nitrogens with zero attached hydrogens (tertiary/aromatic N) is 2. The van der Waals surface area contributed by atoms with E-state index in [9.17, 15) is 19.2 Å². The van der Waals surface area contributed by atoms with Crippen LogP contribution in [0.2, 0.25) is 0 Å². The summed E-state index contributed by atoms with van der Waals surface area (Å²) in [7, 11) is 0. The molecule has 162 valence electrons. The zero-order valence-corrected chi connectivity index (χ0v) is 18.1. The summed E-state index contributed by atoms with van der Waals surface area (Å²) >= 11 is 2.25. The molecule has 0 saturated carbocycles. The minimum Gasteiger partial charge on any atom is -0.481 e. The quantitative estimate of drug-likeness (QED) is 0.595. The monoisotopic (exact) mass is 468 g/mol. The van der Waals surface area contributed by atoms with Gasteiger partial charge in [0.2, 0.25) is 0 Å². The van der Waals surface area contributed by atoms with E-state index < -0.39 is 23.1 Å². The molecule has 10 heteroatoms. The lowest BCUT2D eigenvalue weighted by Gasteiger charge is -2.19. The number of hydrogen-bond donors (Lipinski definition) is 2. The van der Waals surface area contributed by atoms with Crippen molar-refractivity contribution in [2.24, 2.45) is 0 Å². The zero-order valence-electron chi connectivity index (χ0n) is 16.4. The molecule has 0 atom stereocenters. The molecule has 2 aromatic carbocycles. The van der Waals surface area contributed by atoms with Crippen LogP contribution in [-0.4, -0.2) is 39.8 Å². The fourth-order valence-electron chi connectivity index (χ4n) is 3.22. The van der Waals surface area contributed by atoms with Gasteiger partial charge in [-0.05, 0) is 60.3 Å². The highest BCUT2D eigenvalue weighted by atomic mass is 32.2. The summed E-state index contributed by atoms with van der Waals surface area (Å²) in [5.41, 5.74) is 1.24. The van der Waals surface area contributed by atoms with E-state index in [1.807, 2.05) is 29.2 Å². The lowest BCUT2D eigenvalue weighted by molar-refractivity contribution is -0.136. The maximum atomic E-state index is 12.8. The van der Waals surface area contributed by atoms with Crippen LogP contribution < -0.4 is 9.80 Å². The molecule has 2 heterocycles. The summed E-state index contributed by atoms with van der Waals surface area (Å²) in [6.07, 6.45) is 3.21. The van der Waals surface area contributed by atoms with Crippen LogP contribution >= 0.6 is 23.5 Å². The average molecular weight is 469 g/mol. The third kappa shape index (κ3) is 4.27. The number of para-hydroxylation sites is 1. The lowest BCUT2D eigenvalue weighted by atomic mass is 10.2. The lowest BCUT2D eigenvalue weighted by Crippen LogP contribution is -2.27. The van der Waals surface area contributed by atoms with Gasteiger partial charge in [0.15, 0.2) is 0 Å². The van der Waals surface area contributed by atoms with Crippen molar-refractivity contribution in [3.8, 4) is 0 Å². The first kappa shape index (κ1) is 21.7. The van der Waals surface area contributed by atoms with E-state index in [4.69, 9.17) is 10.2 Å². The smallest absolute Gasteiger partial charge is 0.335 e. The number of aromatic carboxylic acids is 1. The summed E-state index contributed by atoms with van der Waals surface area (Å²) in [5, 5.41) is 18.4. The molecular formula is C22H16N2O6S2. The first-order chi connectivity index (χ1) is 15.3. The molecule has 0 bridgehead atoms. The van der Waals surface area contributed by atoms with Crippen molar-refractivity contribution in [3.05, 3.63) is 76.2 Å². The molecule has 8 nitrogen and oxygen atoms in total. The van der Waals surface area contributed by atoms with E-state index in [0.717, 1.165) is 32.3 Å². The normalized spacial score (nSPS) is 18.0. The van der Waals surface area contributed by atoms with Crippen molar-refractivity contribution in [1.29, 1.82) is 0 Å². The fourth-order valence-corrected chi connectivity index (χ4v) is 5.09. The molecule has 1 saturated heterocycles. The van der Waals surface area contributed by atoms with Crippen molar-refractivity contribution < 1.29 is 29.4 Å². The third-order valence-corrected chi connectivity index (χ3v) is 6.75. The Hall–Kier alpha value is -3.50. The van der Waals surface area contributed by atoms with Gasteiger partial charge >= 0.3 is 11.9 Å². The second kappa shape index (κ2) is 8.93. The van der Waals surface area contributed by atoms with Gasteiger partial charge in [-0.2, -0.15) is 0 Å². The van der Waals surface area contributed by atoms with Crippen LogP contribution in [0.4, 0.5) is 16.2 Å². The molecule has 0 aromatic heterocycles. The minimum atomic E-state index is -1.10. The second-order valence-corrected chi connectivity index (χ2v) is 8.82. The maximum Gasteiger partial charge on any atom is 0.335 e. The average Bonchev–Trinajstić information content (AvgIpc) is 3.26. The number of hydrogen-bond acceptors (Lipinski definition) is 7. The SMILES string of the molecule is O=C(O)CCN1/C(=C\C=C2\SC(=O)N(c3ccc(C(=O)O)cc3)C2=O)Sc2ccccc21. The summed E-state index contributed by atoms with van der Waals surface area (Å²) < 4.78 is 0. The summed E-state index contributed by atoms with van der Waals surface area (Å²) in [4.78, 5) is 51.4. The van der Waals surface area contributed by atoms with Crippen molar-refractivity contribution >= 4 is 58.0 Å². The van der Waals surface area contributed by atoms with E-state index in [1.54, 1.807) is 12.2 Å². The molecule has 2 N–H and O–H groups in total. The number of anilines is 2. The van der Waals surface area contributed by atoms with Gasteiger partial charge < -0.3 is 15.1 Å². The standard InChI is InChI=1S/C22H16N2O6S2/c25-19(26)11-12-23-15-3-1-2-4-16(15)31-18(23)10-9-17-20(27)24(22(30)32-17)14-7-5-13(6-8-14)21(28)29/h1-10H,11-12H2,(H,25,26)(H,28,29)/b17-9+,18-10+. The number of carboxylic acid groups (broad SMARTS) is 2. The molecule has 2 aromatic rings. The Labute approximate surface area is 191 Å². The molecule has 2 aliphatic rings. The molecule has 0 spiro atoms. The van der Waals surface area contributed by atoms with Crippen molar-refractivity contribution in [3.63, 3.8) is 0 Å². The second-order valence-electron chi connectivity index (χ2n) is 6.76. The molecule has 1 fully saturated rings. The zero-order chi connectivity index (χ0) is 22.8. The van der Waals surface area contributed by atoms with Crippen LogP contribution in [0.25, 0.3) is 0 Å². The molecular weight excluding hydrogens is 452 g/mol. The van der Waals surface area contributed by atoms with Crippen molar-refractivity contribution in [1.82, 2.24) is 0 Å². The first-order valence-corrected chi connectivity index (χ1v) is 11.1. The fraction of sp³-hybridized carbons (Fsp3) is 0.0909. The van der Waals surface area contributed by atoms with Gasteiger partial charge in [-0.3, -0.25) is 14.4 Å². The van der Waals surface area contributed by atoms with Gasteiger partial charge in [-0.15, -0.1) is 0 Å². The predicted molar refractivity (Wildman–Crippen MR) is 122 cm³/mol. The molecule has 0 aliphatic carbocycles. The molecule has 32 heavy (non-hydrogen) atoms. The molecule has 4 rings (SSSR count). The highest BCUT2D eigenvalue weighted by molar-refractivity contribution is 8.18. The van der Waals surface area contributed by atoms with Crippen LogP contribution in [0.15, 0.2) is 75.5 Å². The molecule has 0 unspecified atom stereocenters. The number of imide groups is 1. The number of amides is 2. The van der Waals surface area contributed by atoms with E-state index in [-0.39, 0.29) is 23.4 Å². The number of thioether (sulfide) groups is 2. The molecule has 2 amide bonds. The number of aliphatic carboxylic acids is 1. The van der Waals surface area contributed by atoms with Crippen molar-refractivity contribution in [2.45, 2.75) is 11.3 Å². The van der Waals surface area contributed by atoms with Gasteiger partial charge in [-0.1, -0.05) is 23.9 Å². The first-order valence-electron chi connectivity index (χ1n) is 9.43. The number of fused-ring (bicyclic) bond motifs is 1. The van der Waals surface area contributed by atoms with E-state index in [2.05, 4.69) is 0 Å². The van der Waals surface area contributed by atoms with Gasteiger partial charge in [0.25, 0.3) is 11.1 Å². The largest absolute Gasteiger partial charge is 0.481 e. The minimum absolute atomic E-state index is 0.0465.